The first-order valence-corrected chi connectivity index (χ1v) is 8.48. The quantitative estimate of drug-likeness (QED) is 0.436. The molecule has 5 aromatic rings. The van der Waals surface area contributed by atoms with Crippen molar-refractivity contribution >= 4 is 27.5 Å². The molecule has 0 unspecified atom stereocenters. The minimum absolute atomic E-state index is 0.615. The van der Waals surface area contributed by atoms with E-state index in [1.807, 2.05) is 54.9 Å². The van der Waals surface area contributed by atoms with Crippen LogP contribution in [-0.2, 0) is 0 Å². The maximum Gasteiger partial charge on any atom is 0.187 e. The second-order valence-corrected chi connectivity index (χ2v) is 6.25. The van der Waals surface area contributed by atoms with Crippen LogP contribution in [-0.4, -0.2) is 20.2 Å². The van der Waals surface area contributed by atoms with Gasteiger partial charge in [0.2, 0.25) is 0 Å². The molecule has 3 aromatic heterocycles. The van der Waals surface area contributed by atoms with Gasteiger partial charge in [-0.3, -0.25) is 15.1 Å². The standard InChI is InChI=1S/C22H13N5/c1-23-17-7-4-14(5-8-17)22-21-18-11-15(16-3-2-10-24-12-16)6-9-19(18)25-13-20(21)26-27-22/h2-13H,(H,26,27). The largest absolute Gasteiger partial charge is 0.276 e. The van der Waals surface area contributed by atoms with Gasteiger partial charge in [0.1, 0.15) is 5.69 Å². The molecule has 0 atom stereocenters. The van der Waals surface area contributed by atoms with Crippen molar-refractivity contribution in [3.05, 3.63) is 84.6 Å². The van der Waals surface area contributed by atoms with Crippen LogP contribution < -0.4 is 0 Å². The lowest BCUT2D eigenvalue weighted by Gasteiger charge is -2.06. The first-order chi connectivity index (χ1) is 13.3. The summed E-state index contributed by atoms with van der Waals surface area (Å²) >= 11 is 0. The van der Waals surface area contributed by atoms with Crippen molar-refractivity contribution in [2.45, 2.75) is 0 Å². The lowest BCUT2D eigenvalue weighted by Crippen LogP contribution is -1.85. The molecule has 0 aliphatic carbocycles. The summed E-state index contributed by atoms with van der Waals surface area (Å²) in [6.07, 6.45) is 5.44. The van der Waals surface area contributed by atoms with Gasteiger partial charge in [0.25, 0.3) is 0 Å². The zero-order valence-electron chi connectivity index (χ0n) is 14.2. The number of pyridine rings is 2. The van der Waals surface area contributed by atoms with E-state index in [0.29, 0.717) is 5.69 Å². The van der Waals surface area contributed by atoms with E-state index in [1.54, 1.807) is 6.20 Å². The smallest absolute Gasteiger partial charge is 0.187 e. The van der Waals surface area contributed by atoms with Crippen LogP contribution in [0.2, 0.25) is 0 Å². The first-order valence-electron chi connectivity index (χ1n) is 8.48. The highest BCUT2D eigenvalue weighted by molar-refractivity contribution is 6.11. The fourth-order valence-corrected chi connectivity index (χ4v) is 3.32. The molecule has 0 aliphatic rings. The Labute approximate surface area is 155 Å². The summed E-state index contributed by atoms with van der Waals surface area (Å²) in [5.41, 5.74) is 6.38. The summed E-state index contributed by atoms with van der Waals surface area (Å²) < 4.78 is 0. The lowest BCUT2D eigenvalue weighted by atomic mass is 10.0. The number of aromatic amines is 1. The van der Waals surface area contributed by atoms with Crippen LogP contribution >= 0.6 is 0 Å². The Kier molecular flexibility index (Phi) is 3.41. The number of aromatic nitrogens is 4. The molecule has 0 fully saturated rings. The average Bonchev–Trinajstić information content (AvgIpc) is 3.19. The highest BCUT2D eigenvalue weighted by Gasteiger charge is 2.13. The third-order valence-electron chi connectivity index (χ3n) is 4.66. The van der Waals surface area contributed by atoms with Crippen LogP contribution in [0.25, 0.3) is 49.0 Å². The average molecular weight is 347 g/mol. The van der Waals surface area contributed by atoms with Crippen molar-refractivity contribution < 1.29 is 0 Å². The van der Waals surface area contributed by atoms with Gasteiger partial charge in [-0.2, -0.15) is 5.10 Å². The highest BCUT2D eigenvalue weighted by atomic mass is 15.1. The molecule has 0 aliphatic heterocycles. The van der Waals surface area contributed by atoms with Gasteiger partial charge in [-0.1, -0.05) is 36.4 Å². The number of rotatable bonds is 2. The van der Waals surface area contributed by atoms with Gasteiger partial charge in [0, 0.05) is 34.3 Å². The van der Waals surface area contributed by atoms with Gasteiger partial charge in [0.15, 0.2) is 5.69 Å². The van der Waals surface area contributed by atoms with E-state index in [4.69, 9.17) is 6.57 Å². The third-order valence-corrected chi connectivity index (χ3v) is 4.66. The summed E-state index contributed by atoms with van der Waals surface area (Å²) in [5, 5.41) is 9.66. The minimum Gasteiger partial charge on any atom is -0.276 e. The summed E-state index contributed by atoms with van der Waals surface area (Å²) in [7, 11) is 0. The molecule has 3 heterocycles. The Hall–Kier alpha value is -4.04. The normalized spacial score (nSPS) is 10.9. The molecule has 0 spiro atoms. The predicted molar refractivity (Wildman–Crippen MR) is 106 cm³/mol. The Balaban J connectivity index is 1.78. The Morgan fingerprint density at radius 3 is 2.52 bits per heavy atom. The maximum atomic E-state index is 7.12. The number of benzene rings is 2. The zero-order valence-corrected chi connectivity index (χ0v) is 14.2. The van der Waals surface area contributed by atoms with Crippen LogP contribution in [0.3, 0.4) is 0 Å². The Morgan fingerprint density at radius 1 is 0.889 bits per heavy atom. The van der Waals surface area contributed by atoms with Crippen LogP contribution in [0, 0.1) is 6.57 Å². The maximum absolute atomic E-state index is 7.12. The summed E-state index contributed by atoms with van der Waals surface area (Å²) in [6, 6.07) is 17.7. The Morgan fingerprint density at radius 2 is 1.74 bits per heavy atom. The minimum atomic E-state index is 0.615. The fraction of sp³-hybridized carbons (Fsp3) is 0. The number of H-pyrrole nitrogens is 1. The van der Waals surface area contributed by atoms with E-state index in [0.717, 1.165) is 44.2 Å². The zero-order chi connectivity index (χ0) is 18.2. The molecule has 0 bridgehead atoms. The van der Waals surface area contributed by atoms with Crippen molar-refractivity contribution in [1.82, 2.24) is 20.2 Å². The van der Waals surface area contributed by atoms with Crippen molar-refractivity contribution in [3.8, 4) is 22.4 Å². The number of hydrogen-bond donors (Lipinski definition) is 1. The van der Waals surface area contributed by atoms with E-state index in [-0.39, 0.29) is 0 Å². The molecule has 5 heteroatoms. The van der Waals surface area contributed by atoms with Crippen LogP contribution in [0.15, 0.2) is 73.2 Å². The second-order valence-electron chi connectivity index (χ2n) is 6.25. The van der Waals surface area contributed by atoms with Crippen molar-refractivity contribution in [2.24, 2.45) is 0 Å². The Bertz CT molecular complexity index is 1310. The molecule has 0 saturated carbocycles. The van der Waals surface area contributed by atoms with E-state index in [2.05, 4.69) is 37.1 Å². The molecule has 27 heavy (non-hydrogen) atoms. The molecule has 0 radical (unpaired) electrons. The van der Waals surface area contributed by atoms with Gasteiger partial charge < -0.3 is 0 Å². The van der Waals surface area contributed by atoms with Gasteiger partial charge in [-0.05, 0) is 23.8 Å². The van der Waals surface area contributed by atoms with Gasteiger partial charge >= 0.3 is 0 Å². The molecular weight excluding hydrogens is 334 g/mol. The fourth-order valence-electron chi connectivity index (χ4n) is 3.32. The summed E-state index contributed by atoms with van der Waals surface area (Å²) in [4.78, 5) is 12.2. The monoisotopic (exact) mass is 347 g/mol. The molecule has 5 nitrogen and oxygen atoms in total. The number of nitrogens with one attached hydrogen (secondary N) is 1. The SMILES string of the molecule is [C-]#[N+]c1ccc(-c2n[nH]c3cnc4ccc(-c5cccnc5)cc4c23)cc1. The molecule has 2 aromatic carbocycles. The molecule has 5 rings (SSSR count). The summed E-state index contributed by atoms with van der Waals surface area (Å²) in [6.45, 7) is 7.12. The lowest BCUT2D eigenvalue weighted by molar-refractivity contribution is 1.12. The molecule has 0 saturated heterocycles. The van der Waals surface area contributed by atoms with Crippen LogP contribution in [0.4, 0.5) is 5.69 Å². The third kappa shape index (κ3) is 2.52. The summed E-state index contributed by atoms with van der Waals surface area (Å²) in [5.74, 6) is 0. The van der Waals surface area contributed by atoms with Gasteiger partial charge in [0.05, 0.1) is 23.8 Å². The van der Waals surface area contributed by atoms with Crippen LogP contribution in [0.1, 0.15) is 0 Å². The number of hydrogen-bond acceptors (Lipinski definition) is 3. The van der Waals surface area contributed by atoms with Crippen molar-refractivity contribution in [3.63, 3.8) is 0 Å². The van der Waals surface area contributed by atoms with Crippen molar-refractivity contribution in [1.29, 1.82) is 0 Å². The molecule has 1 N–H and O–H groups in total. The van der Waals surface area contributed by atoms with E-state index in [9.17, 15) is 0 Å². The molecule has 0 amide bonds. The second kappa shape index (κ2) is 6.04. The van der Waals surface area contributed by atoms with Crippen molar-refractivity contribution in [2.75, 3.05) is 0 Å². The topological polar surface area (TPSA) is 58.8 Å². The molecular formula is C22H13N5. The number of fused-ring (bicyclic) bond motifs is 3. The van der Waals surface area contributed by atoms with Gasteiger partial charge in [-0.15, -0.1) is 0 Å². The van der Waals surface area contributed by atoms with E-state index < -0.39 is 0 Å². The first kappa shape index (κ1) is 15.2. The predicted octanol–water partition coefficient (Wildman–Crippen LogP) is 5.39. The van der Waals surface area contributed by atoms with E-state index in [1.165, 1.54) is 0 Å². The highest BCUT2D eigenvalue weighted by Crippen LogP contribution is 2.34. The van der Waals surface area contributed by atoms with Crippen LogP contribution in [0.5, 0.6) is 0 Å². The van der Waals surface area contributed by atoms with E-state index >= 15 is 0 Å². The van der Waals surface area contributed by atoms with Gasteiger partial charge in [-0.25, -0.2) is 4.85 Å². The molecule has 126 valence electrons. The number of nitrogens with zero attached hydrogens (tertiary/aromatic N) is 4.